The number of nitrogens with one attached hydrogen (secondary N) is 1. The van der Waals surface area contributed by atoms with E-state index in [1.54, 1.807) is 0 Å². The van der Waals surface area contributed by atoms with Crippen molar-refractivity contribution in [2.45, 2.75) is 31.9 Å². The maximum atomic E-state index is 11.0. The van der Waals surface area contributed by atoms with Crippen LogP contribution in [0.15, 0.2) is 0 Å². The van der Waals surface area contributed by atoms with E-state index in [1.165, 1.54) is 0 Å². The summed E-state index contributed by atoms with van der Waals surface area (Å²) in [6, 6.07) is 0.101. The van der Waals surface area contributed by atoms with Crippen molar-refractivity contribution in [2.75, 3.05) is 12.5 Å². The Hall–Kier alpha value is -0.280. The van der Waals surface area contributed by atoms with Crippen LogP contribution in [0, 0.1) is 0 Å². The molecule has 0 spiro atoms. The number of amides is 1. The molecule has 1 aliphatic heterocycles. The predicted octanol–water partition coefficient (Wildman–Crippen LogP) is 0.909. The standard InChI is InChI=1S/C8H14ClNO2/c1-8(2)6(3-4-12-8)10-7(11)5-9/h6H,3-5H2,1-2H3,(H,10,11). The number of carbonyl (C=O) groups is 1. The Morgan fingerprint density at radius 2 is 2.42 bits per heavy atom. The number of hydrogen-bond donors (Lipinski definition) is 1. The van der Waals surface area contributed by atoms with E-state index in [1.807, 2.05) is 13.8 Å². The zero-order valence-electron chi connectivity index (χ0n) is 7.39. The van der Waals surface area contributed by atoms with Crippen LogP contribution in [0.25, 0.3) is 0 Å². The van der Waals surface area contributed by atoms with Crippen LogP contribution in [0.3, 0.4) is 0 Å². The van der Waals surface area contributed by atoms with Gasteiger partial charge in [0.1, 0.15) is 5.88 Å². The van der Waals surface area contributed by atoms with Gasteiger partial charge in [0.25, 0.3) is 0 Å². The van der Waals surface area contributed by atoms with Gasteiger partial charge in [0.05, 0.1) is 11.6 Å². The van der Waals surface area contributed by atoms with Gasteiger partial charge in [-0.25, -0.2) is 0 Å². The maximum absolute atomic E-state index is 11.0. The van der Waals surface area contributed by atoms with E-state index >= 15 is 0 Å². The summed E-state index contributed by atoms with van der Waals surface area (Å²) >= 11 is 5.37. The molecule has 0 bridgehead atoms. The summed E-state index contributed by atoms with van der Waals surface area (Å²) in [5.41, 5.74) is -0.248. The monoisotopic (exact) mass is 191 g/mol. The van der Waals surface area contributed by atoms with Crippen molar-refractivity contribution in [1.29, 1.82) is 0 Å². The largest absolute Gasteiger partial charge is 0.373 e. The third-order valence-electron chi connectivity index (χ3n) is 2.18. The Morgan fingerprint density at radius 3 is 2.83 bits per heavy atom. The fraction of sp³-hybridized carbons (Fsp3) is 0.875. The molecule has 4 heteroatoms. The molecule has 0 aromatic carbocycles. The van der Waals surface area contributed by atoms with Crippen LogP contribution in [0.5, 0.6) is 0 Å². The molecule has 0 radical (unpaired) electrons. The van der Waals surface area contributed by atoms with E-state index in [0.29, 0.717) is 6.61 Å². The van der Waals surface area contributed by atoms with Crippen molar-refractivity contribution in [3.8, 4) is 0 Å². The normalized spacial score (nSPS) is 27.1. The molecule has 3 nitrogen and oxygen atoms in total. The molecule has 0 aliphatic carbocycles. The molecule has 1 rings (SSSR count). The van der Waals surface area contributed by atoms with Crippen LogP contribution in [-0.4, -0.2) is 30.0 Å². The second-order valence-corrected chi connectivity index (χ2v) is 3.76. The van der Waals surface area contributed by atoms with E-state index < -0.39 is 0 Å². The first-order valence-corrected chi connectivity index (χ1v) is 4.59. The molecule has 0 aromatic rings. The topological polar surface area (TPSA) is 38.3 Å². The van der Waals surface area contributed by atoms with E-state index in [4.69, 9.17) is 16.3 Å². The third-order valence-corrected chi connectivity index (χ3v) is 2.42. The summed E-state index contributed by atoms with van der Waals surface area (Å²) in [6.07, 6.45) is 0.871. The van der Waals surface area contributed by atoms with Gasteiger partial charge in [-0.1, -0.05) is 0 Å². The quantitative estimate of drug-likeness (QED) is 0.659. The van der Waals surface area contributed by atoms with Crippen molar-refractivity contribution < 1.29 is 9.53 Å². The highest BCUT2D eigenvalue weighted by molar-refractivity contribution is 6.27. The van der Waals surface area contributed by atoms with Crippen LogP contribution in [-0.2, 0) is 9.53 Å². The molecule has 1 unspecified atom stereocenters. The summed E-state index contributed by atoms with van der Waals surface area (Å²) in [7, 11) is 0. The lowest BCUT2D eigenvalue weighted by molar-refractivity contribution is -0.120. The number of carbonyl (C=O) groups excluding carboxylic acids is 1. The maximum Gasteiger partial charge on any atom is 0.235 e. The van der Waals surface area contributed by atoms with E-state index in [-0.39, 0.29) is 23.4 Å². The van der Waals surface area contributed by atoms with E-state index in [2.05, 4.69) is 5.32 Å². The van der Waals surface area contributed by atoms with Crippen molar-refractivity contribution in [3.05, 3.63) is 0 Å². The van der Waals surface area contributed by atoms with Crippen LogP contribution >= 0.6 is 11.6 Å². The molecule has 1 heterocycles. The van der Waals surface area contributed by atoms with Crippen LogP contribution in [0.1, 0.15) is 20.3 Å². The molecule has 1 amide bonds. The summed E-state index contributed by atoms with van der Waals surface area (Å²) in [4.78, 5) is 11.0. The first kappa shape index (κ1) is 9.81. The third kappa shape index (κ3) is 2.11. The van der Waals surface area contributed by atoms with Gasteiger partial charge in [0, 0.05) is 6.61 Å². The van der Waals surface area contributed by atoms with Crippen LogP contribution in [0.4, 0.5) is 0 Å². The lowest BCUT2D eigenvalue weighted by atomic mass is 9.99. The highest BCUT2D eigenvalue weighted by Crippen LogP contribution is 2.24. The summed E-state index contributed by atoms with van der Waals surface area (Å²) in [5.74, 6) is -0.104. The highest BCUT2D eigenvalue weighted by atomic mass is 35.5. The molecule has 12 heavy (non-hydrogen) atoms. The zero-order chi connectivity index (χ0) is 9.19. The summed E-state index contributed by atoms with van der Waals surface area (Å²) in [6.45, 7) is 4.65. The minimum atomic E-state index is -0.248. The van der Waals surface area contributed by atoms with E-state index in [0.717, 1.165) is 6.42 Å². The minimum Gasteiger partial charge on any atom is -0.373 e. The molecule has 0 aromatic heterocycles. The lowest BCUT2D eigenvalue weighted by Gasteiger charge is -2.26. The number of ether oxygens (including phenoxy) is 1. The molecular weight excluding hydrogens is 178 g/mol. The highest BCUT2D eigenvalue weighted by Gasteiger charge is 2.36. The summed E-state index contributed by atoms with van der Waals surface area (Å²) < 4.78 is 5.44. The Morgan fingerprint density at radius 1 is 1.75 bits per heavy atom. The van der Waals surface area contributed by atoms with Crippen molar-refractivity contribution in [2.24, 2.45) is 0 Å². The van der Waals surface area contributed by atoms with Crippen LogP contribution in [0.2, 0.25) is 0 Å². The molecule has 1 aliphatic rings. The number of rotatable bonds is 2. The Kier molecular flexibility index (Phi) is 2.96. The fourth-order valence-electron chi connectivity index (χ4n) is 1.37. The van der Waals surface area contributed by atoms with Gasteiger partial charge in [-0.3, -0.25) is 4.79 Å². The molecule has 0 saturated carbocycles. The first-order valence-electron chi connectivity index (χ1n) is 4.05. The van der Waals surface area contributed by atoms with Crippen molar-refractivity contribution >= 4 is 17.5 Å². The minimum absolute atomic E-state index is 0.0204. The van der Waals surface area contributed by atoms with Gasteiger partial charge in [-0.2, -0.15) is 0 Å². The van der Waals surface area contributed by atoms with Gasteiger partial charge in [0.2, 0.25) is 5.91 Å². The Balaban J connectivity index is 2.47. The number of alkyl halides is 1. The summed E-state index contributed by atoms with van der Waals surface area (Å²) in [5, 5.41) is 2.82. The lowest BCUT2D eigenvalue weighted by Crippen LogP contribution is -2.46. The zero-order valence-corrected chi connectivity index (χ0v) is 8.15. The first-order chi connectivity index (χ1) is 5.56. The number of hydrogen-bond acceptors (Lipinski definition) is 2. The van der Waals surface area contributed by atoms with Gasteiger partial charge < -0.3 is 10.1 Å². The van der Waals surface area contributed by atoms with Crippen LogP contribution < -0.4 is 5.32 Å². The molecule has 1 saturated heterocycles. The average Bonchev–Trinajstić information content (AvgIpc) is 2.31. The predicted molar refractivity (Wildman–Crippen MR) is 47.3 cm³/mol. The molecule has 1 atom stereocenters. The van der Waals surface area contributed by atoms with Gasteiger partial charge in [-0.05, 0) is 20.3 Å². The molecule has 1 fully saturated rings. The number of halogens is 1. The van der Waals surface area contributed by atoms with Gasteiger partial charge in [-0.15, -0.1) is 11.6 Å². The molecule has 70 valence electrons. The fourth-order valence-corrected chi connectivity index (χ4v) is 1.44. The van der Waals surface area contributed by atoms with Crippen molar-refractivity contribution in [3.63, 3.8) is 0 Å². The smallest absolute Gasteiger partial charge is 0.235 e. The van der Waals surface area contributed by atoms with E-state index in [9.17, 15) is 4.79 Å². The second-order valence-electron chi connectivity index (χ2n) is 3.49. The Bertz CT molecular complexity index is 182. The SMILES string of the molecule is CC1(C)OCCC1NC(=O)CCl. The van der Waals surface area contributed by atoms with Gasteiger partial charge in [0.15, 0.2) is 0 Å². The Labute approximate surface area is 77.4 Å². The second kappa shape index (κ2) is 3.62. The molecular formula is C8H14ClNO2. The average molecular weight is 192 g/mol. The van der Waals surface area contributed by atoms with Gasteiger partial charge >= 0.3 is 0 Å². The molecule has 1 N–H and O–H groups in total. The van der Waals surface area contributed by atoms with Crippen molar-refractivity contribution in [1.82, 2.24) is 5.32 Å².